The first-order valence-electron chi connectivity index (χ1n) is 4.20. The SMILES string of the molecule is CCOC(=O)[C@@](N)(C(C)C)C(F)(F)F. The van der Waals surface area contributed by atoms with Crippen molar-refractivity contribution in [2.24, 2.45) is 11.7 Å². The van der Waals surface area contributed by atoms with Gasteiger partial charge in [-0.3, -0.25) is 0 Å². The minimum absolute atomic E-state index is 0.124. The third-order valence-electron chi connectivity index (χ3n) is 1.99. The molecule has 0 bridgehead atoms. The molecule has 2 N–H and O–H groups in total. The van der Waals surface area contributed by atoms with E-state index in [0.717, 1.165) is 0 Å². The molecule has 0 rings (SSSR count). The van der Waals surface area contributed by atoms with Gasteiger partial charge in [-0.25, -0.2) is 4.79 Å². The summed E-state index contributed by atoms with van der Waals surface area (Å²) in [7, 11) is 0. The highest BCUT2D eigenvalue weighted by Gasteiger charge is 2.60. The molecule has 0 amide bonds. The highest BCUT2D eigenvalue weighted by atomic mass is 19.4. The average molecular weight is 213 g/mol. The van der Waals surface area contributed by atoms with Crippen LogP contribution in [0.3, 0.4) is 0 Å². The lowest BCUT2D eigenvalue weighted by Crippen LogP contribution is -2.63. The molecule has 0 unspecified atom stereocenters. The number of alkyl halides is 3. The number of hydrogen-bond donors (Lipinski definition) is 1. The van der Waals surface area contributed by atoms with Crippen molar-refractivity contribution in [2.45, 2.75) is 32.5 Å². The summed E-state index contributed by atoms with van der Waals surface area (Å²) in [6.45, 7) is 3.75. The van der Waals surface area contributed by atoms with Crippen molar-refractivity contribution in [1.29, 1.82) is 0 Å². The summed E-state index contributed by atoms with van der Waals surface area (Å²) in [5, 5.41) is 0. The molecule has 0 radical (unpaired) electrons. The molecule has 0 saturated heterocycles. The first-order valence-corrected chi connectivity index (χ1v) is 4.20. The van der Waals surface area contributed by atoms with E-state index in [4.69, 9.17) is 5.73 Å². The van der Waals surface area contributed by atoms with Crippen molar-refractivity contribution in [1.82, 2.24) is 0 Å². The monoisotopic (exact) mass is 213 g/mol. The Balaban J connectivity index is 5.01. The van der Waals surface area contributed by atoms with Gasteiger partial charge in [0.25, 0.3) is 0 Å². The lowest BCUT2D eigenvalue weighted by Gasteiger charge is -2.32. The molecule has 6 heteroatoms. The molecular formula is C8H14F3NO2. The van der Waals surface area contributed by atoms with Crippen molar-refractivity contribution >= 4 is 5.97 Å². The summed E-state index contributed by atoms with van der Waals surface area (Å²) in [4.78, 5) is 11.1. The topological polar surface area (TPSA) is 52.3 Å². The molecule has 84 valence electrons. The number of hydrogen-bond acceptors (Lipinski definition) is 3. The molecule has 0 aliphatic heterocycles. The van der Waals surface area contributed by atoms with E-state index < -0.39 is 23.6 Å². The van der Waals surface area contributed by atoms with E-state index in [0.29, 0.717) is 0 Å². The van der Waals surface area contributed by atoms with Gasteiger partial charge in [-0.1, -0.05) is 13.8 Å². The summed E-state index contributed by atoms with van der Waals surface area (Å²) >= 11 is 0. The van der Waals surface area contributed by atoms with E-state index in [1.807, 2.05) is 0 Å². The highest BCUT2D eigenvalue weighted by molar-refractivity contribution is 5.82. The lowest BCUT2D eigenvalue weighted by molar-refractivity contribution is -0.214. The van der Waals surface area contributed by atoms with Crippen LogP contribution in [-0.4, -0.2) is 24.3 Å². The van der Waals surface area contributed by atoms with Crippen LogP contribution >= 0.6 is 0 Å². The second kappa shape index (κ2) is 4.16. The van der Waals surface area contributed by atoms with E-state index in [-0.39, 0.29) is 6.61 Å². The van der Waals surface area contributed by atoms with Crippen molar-refractivity contribution < 1.29 is 22.7 Å². The van der Waals surface area contributed by atoms with Gasteiger partial charge in [0, 0.05) is 0 Å². The van der Waals surface area contributed by atoms with E-state index in [1.54, 1.807) is 0 Å². The zero-order valence-electron chi connectivity index (χ0n) is 8.31. The van der Waals surface area contributed by atoms with Gasteiger partial charge < -0.3 is 10.5 Å². The van der Waals surface area contributed by atoms with Gasteiger partial charge >= 0.3 is 12.1 Å². The maximum atomic E-state index is 12.5. The molecule has 1 atom stereocenters. The number of carbonyl (C=O) groups is 1. The van der Waals surface area contributed by atoms with E-state index >= 15 is 0 Å². The third kappa shape index (κ3) is 2.17. The Morgan fingerprint density at radius 3 is 2.07 bits per heavy atom. The summed E-state index contributed by atoms with van der Waals surface area (Å²) in [5.41, 5.74) is 2.13. The normalized spacial score (nSPS) is 16.6. The van der Waals surface area contributed by atoms with Crippen LogP contribution in [0.5, 0.6) is 0 Å². The molecule has 14 heavy (non-hydrogen) atoms. The molecule has 0 aromatic carbocycles. The van der Waals surface area contributed by atoms with E-state index in [9.17, 15) is 18.0 Å². The largest absolute Gasteiger partial charge is 0.464 e. The molecule has 0 heterocycles. The van der Waals surface area contributed by atoms with Crippen LogP contribution in [0.1, 0.15) is 20.8 Å². The highest BCUT2D eigenvalue weighted by Crippen LogP contribution is 2.35. The number of halogens is 3. The fourth-order valence-electron chi connectivity index (χ4n) is 0.929. The molecule has 0 fully saturated rings. The second-order valence-electron chi connectivity index (χ2n) is 3.24. The van der Waals surface area contributed by atoms with E-state index in [1.165, 1.54) is 20.8 Å². The molecular weight excluding hydrogens is 199 g/mol. The van der Waals surface area contributed by atoms with Gasteiger partial charge in [0.2, 0.25) is 5.54 Å². The zero-order valence-corrected chi connectivity index (χ0v) is 8.31. The smallest absolute Gasteiger partial charge is 0.417 e. The molecule has 0 aromatic rings. The average Bonchev–Trinajstić information content (AvgIpc) is 2.00. The van der Waals surface area contributed by atoms with Crippen LogP contribution in [-0.2, 0) is 9.53 Å². The Labute approximate surface area is 80.4 Å². The van der Waals surface area contributed by atoms with Crippen molar-refractivity contribution in [2.75, 3.05) is 6.61 Å². The molecule has 3 nitrogen and oxygen atoms in total. The summed E-state index contributed by atoms with van der Waals surface area (Å²) in [6, 6.07) is 0. The number of esters is 1. The van der Waals surface area contributed by atoms with Gasteiger partial charge in [-0.15, -0.1) is 0 Å². The van der Waals surface area contributed by atoms with Gasteiger partial charge in [0.15, 0.2) is 0 Å². The second-order valence-corrected chi connectivity index (χ2v) is 3.24. The van der Waals surface area contributed by atoms with Crippen molar-refractivity contribution in [3.63, 3.8) is 0 Å². The molecule has 0 spiro atoms. The Morgan fingerprint density at radius 2 is 1.86 bits per heavy atom. The standard InChI is InChI=1S/C8H14F3NO2/c1-4-14-6(13)7(12,5(2)3)8(9,10)11/h5H,4,12H2,1-3H3/t7-/m0/s1. The Morgan fingerprint density at radius 1 is 1.43 bits per heavy atom. The van der Waals surface area contributed by atoms with E-state index in [2.05, 4.69) is 4.74 Å². The molecule has 0 saturated carbocycles. The van der Waals surface area contributed by atoms with Crippen LogP contribution in [0.2, 0.25) is 0 Å². The molecule has 0 aliphatic carbocycles. The van der Waals surface area contributed by atoms with Crippen LogP contribution in [0.25, 0.3) is 0 Å². The Kier molecular flexibility index (Phi) is 3.93. The molecule has 0 aliphatic rings. The number of carbonyl (C=O) groups excluding carboxylic acids is 1. The summed E-state index contributed by atoms with van der Waals surface area (Å²) < 4.78 is 41.8. The van der Waals surface area contributed by atoms with Gasteiger partial charge in [-0.05, 0) is 12.8 Å². The van der Waals surface area contributed by atoms with Gasteiger partial charge in [0.1, 0.15) is 0 Å². The number of ether oxygens (including phenoxy) is 1. The van der Waals surface area contributed by atoms with Crippen LogP contribution in [0, 0.1) is 5.92 Å². The van der Waals surface area contributed by atoms with Crippen LogP contribution in [0.15, 0.2) is 0 Å². The zero-order chi connectivity index (χ0) is 11.6. The van der Waals surface area contributed by atoms with Crippen molar-refractivity contribution in [3.05, 3.63) is 0 Å². The fraction of sp³-hybridized carbons (Fsp3) is 0.875. The fourth-order valence-corrected chi connectivity index (χ4v) is 0.929. The third-order valence-corrected chi connectivity index (χ3v) is 1.99. The van der Waals surface area contributed by atoms with Crippen molar-refractivity contribution in [3.8, 4) is 0 Å². The first-order chi connectivity index (χ1) is 6.17. The minimum atomic E-state index is -4.80. The predicted molar refractivity (Wildman–Crippen MR) is 44.4 cm³/mol. The quantitative estimate of drug-likeness (QED) is 0.722. The van der Waals surface area contributed by atoms with Gasteiger partial charge in [-0.2, -0.15) is 13.2 Å². The summed E-state index contributed by atoms with van der Waals surface area (Å²) in [5.74, 6) is -2.50. The van der Waals surface area contributed by atoms with Crippen LogP contribution in [0.4, 0.5) is 13.2 Å². The maximum Gasteiger partial charge on any atom is 0.417 e. The van der Waals surface area contributed by atoms with Crippen LogP contribution < -0.4 is 5.73 Å². The number of rotatable bonds is 3. The molecule has 0 aromatic heterocycles. The maximum absolute atomic E-state index is 12.5. The Hall–Kier alpha value is -0.780. The minimum Gasteiger partial charge on any atom is -0.464 e. The summed E-state index contributed by atoms with van der Waals surface area (Å²) in [6.07, 6.45) is -4.80. The lowest BCUT2D eigenvalue weighted by atomic mass is 9.87. The van der Waals surface area contributed by atoms with Gasteiger partial charge in [0.05, 0.1) is 6.61 Å². The number of nitrogens with two attached hydrogens (primary N) is 1. The Bertz CT molecular complexity index is 215. The first kappa shape index (κ1) is 13.2. The predicted octanol–water partition coefficient (Wildman–Crippen LogP) is 1.47.